The number of nitrogens with zero attached hydrogens (tertiary/aromatic N) is 1. The summed E-state index contributed by atoms with van der Waals surface area (Å²) in [4.78, 5) is 15.3. The van der Waals surface area contributed by atoms with Gasteiger partial charge in [0, 0.05) is 31.2 Å². The fourth-order valence-corrected chi connectivity index (χ4v) is 4.29. The summed E-state index contributed by atoms with van der Waals surface area (Å²) in [7, 11) is 0. The minimum atomic E-state index is 0.0501. The highest BCUT2D eigenvalue weighted by Crippen LogP contribution is 2.31. The fraction of sp³-hybridized carbons (Fsp3) is 0.667. The topological polar surface area (TPSA) is 41.6 Å². The third kappa shape index (κ3) is 3.90. The van der Waals surface area contributed by atoms with Gasteiger partial charge in [0.05, 0.1) is 10.9 Å². The van der Waals surface area contributed by atoms with Crippen molar-refractivity contribution in [2.24, 2.45) is 11.8 Å². The molecule has 1 aromatic rings. The molecule has 2 aliphatic heterocycles. The Labute approximate surface area is 134 Å². The molecule has 3 rings (SSSR count). The first-order valence-electron chi connectivity index (χ1n) is 7.57. The summed E-state index contributed by atoms with van der Waals surface area (Å²) >= 11 is 7.41. The van der Waals surface area contributed by atoms with Crippen molar-refractivity contribution in [1.29, 1.82) is 0 Å². The smallest absolute Gasteiger partial charge is 0.317 e. The highest BCUT2D eigenvalue weighted by molar-refractivity contribution is 7.16. The zero-order valence-corrected chi connectivity index (χ0v) is 13.6. The Morgan fingerprint density at radius 2 is 2.14 bits per heavy atom. The van der Waals surface area contributed by atoms with Crippen LogP contribution in [0.1, 0.15) is 24.1 Å². The van der Waals surface area contributed by atoms with Gasteiger partial charge in [0.15, 0.2) is 0 Å². The number of rotatable bonds is 3. The Bertz CT molecular complexity index is 488. The molecule has 2 fully saturated rings. The molecule has 2 amide bonds. The van der Waals surface area contributed by atoms with Gasteiger partial charge in [-0.1, -0.05) is 11.6 Å². The molecule has 1 atom stereocenters. The van der Waals surface area contributed by atoms with Gasteiger partial charge in [-0.2, -0.15) is 0 Å². The van der Waals surface area contributed by atoms with Crippen LogP contribution in [0.25, 0.3) is 0 Å². The third-order valence-electron chi connectivity index (χ3n) is 4.49. The maximum absolute atomic E-state index is 12.2. The van der Waals surface area contributed by atoms with E-state index in [9.17, 15) is 4.79 Å². The van der Waals surface area contributed by atoms with Gasteiger partial charge in [0.25, 0.3) is 0 Å². The quantitative estimate of drug-likeness (QED) is 0.924. The average Bonchev–Trinajstić information content (AvgIpc) is 3.15. The van der Waals surface area contributed by atoms with Gasteiger partial charge >= 0.3 is 6.03 Å². The van der Waals surface area contributed by atoms with E-state index in [1.54, 1.807) is 0 Å². The van der Waals surface area contributed by atoms with Crippen LogP contribution in [0.3, 0.4) is 0 Å². The number of hydrogen-bond acceptors (Lipinski definition) is 3. The minimum Gasteiger partial charge on any atom is -0.381 e. The van der Waals surface area contributed by atoms with Gasteiger partial charge in [-0.3, -0.25) is 0 Å². The van der Waals surface area contributed by atoms with Crippen LogP contribution in [-0.2, 0) is 11.3 Å². The summed E-state index contributed by atoms with van der Waals surface area (Å²) in [5.74, 6) is 1.38. The second-order valence-corrected chi connectivity index (χ2v) is 7.61. The van der Waals surface area contributed by atoms with Crippen molar-refractivity contribution in [3.05, 3.63) is 21.3 Å². The summed E-state index contributed by atoms with van der Waals surface area (Å²) < 4.78 is 6.18. The first-order valence-corrected chi connectivity index (χ1v) is 8.76. The van der Waals surface area contributed by atoms with Crippen molar-refractivity contribution in [2.45, 2.75) is 25.8 Å². The summed E-state index contributed by atoms with van der Waals surface area (Å²) in [6, 6.07) is 3.88. The van der Waals surface area contributed by atoms with Crippen molar-refractivity contribution in [2.75, 3.05) is 26.3 Å². The van der Waals surface area contributed by atoms with E-state index in [0.29, 0.717) is 12.5 Å². The standard InChI is InChI=1S/C15H21ClN2O2S/c16-14-2-1-13(21-14)9-17-15(19)18-6-3-12(10-18)11-4-7-20-8-5-11/h1-2,11-12H,3-10H2,(H,17,19). The number of likely N-dealkylation sites (tertiary alicyclic amines) is 1. The summed E-state index contributed by atoms with van der Waals surface area (Å²) in [5, 5.41) is 2.99. The van der Waals surface area contributed by atoms with Crippen LogP contribution >= 0.6 is 22.9 Å². The molecule has 0 radical (unpaired) electrons. The number of nitrogens with one attached hydrogen (secondary N) is 1. The summed E-state index contributed by atoms with van der Waals surface area (Å²) in [6.45, 7) is 4.09. The minimum absolute atomic E-state index is 0.0501. The molecule has 0 aliphatic carbocycles. The van der Waals surface area contributed by atoms with E-state index in [4.69, 9.17) is 16.3 Å². The Hall–Kier alpha value is -0.780. The molecule has 1 unspecified atom stereocenters. The van der Waals surface area contributed by atoms with Gasteiger partial charge in [0.2, 0.25) is 0 Å². The van der Waals surface area contributed by atoms with Gasteiger partial charge in [-0.25, -0.2) is 4.79 Å². The monoisotopic (exact) mass is 328 g/mol. The van der Waals surface area contributed by atoms with Gasteiger partial charge in [0.1, 0.15) is 0 Å². The number of thiophene rings is 1. The number of urea groups is 1. The number of carbonyl (C=O) groups is 1. The fourth-order valence-electron chi connectivity index (χ4n) is 3.27. The number of carbonyl (C=O) groups excluding carboxylic acids is 1. The zero-order valence-electron chi connectivity index (χ0n) is 12.0. The number of ether oxygens (including phenoxy) is 1. The van der Waals surface area contributed by atoms with Crippen molar-refractivity contribution < 1.29 is 9.53 Å². The maximum Gasteiger partial charge on any atom is 0.317 e. The first-order chi connectivity index (χ1) is 10.2. The Morgan fingerprint density at radius 1 is 1.33 bits per heavy atom. The van der Waals surface area contributed by atoms with Crippen molar-refractivity contribution in [3.8, 4) is 0 Å². The predicted molar refractivity (Wildman–Crippen MR) is 84.8 cm³/mol. The highest BCUT2D eigenvalue weighted by Gasteiger charge is 2.32. The molecular formula is C15H21ClN2O2S. The van der Waals surface area contributed by atoms with Crippen LogP contribution < -0.4 is 5.32 Å². The molecule has 6 heteroatoms. The number of halogens is 1. The molecule has 1 N–H and O–H groups in total. The lowest BCUT2D eigenvalue weighted by Gasteiger charge is -2.27. The second kappa shape index (κ2) is 6.99. The second-order valence-electron chi connectivity index (χ2n) is 5.81. The molecule has 21 heavy (non-hydrogen) atoms. The lowest BCUT2D eigenvalue weighted by Crippen LogP contribution is -2.38. The van der Waals surface area contributed by atoms with Crippen LogP contribution in [0.15, 0.2) is 12.1 Å². The highest BCUT2D eigenvalue weighted by atomic mass is 35.5. The molecule has 0 saturated carbocycles. The Balaban J connectivity index is 1.45. The Morgan fingerprint density at radius 3 is 2.86 bits per heavy atom. The van der Waals surface area contributed by atoms with Crippen LogP contribution in [0.5, 0.6) is 0 Å². The molecule has 0 aromatic carbocycles. The van der Waals surface area contributed by atoms with Crippen LogP contribution in [-0.4, -0.2) is 37.2 Å². The van der Waals surface area contributed by atoms with E-state index in [1.807, 2.05) is 17.0 Å². The van der Waals surface area contributed by atoms with Gasteiger partial charge in [-0.15, -0.1) is 11.3 Å². The first kappa shape index (κ1) is 15.1. The zero-order chi connectivity index (χ0) is 14.7. The lowest BCUT2D eigenvalue weighted by atomic mass is 9.85. The van der Waals surface area contributed by atoms with E-state index in [0.717, 1.165) is 60.7 Å². The predicted octanol–water partition coefficient (Wildman–Crippen LogP) is 3.36. The molecule has 0 bridgehead atoms. The molecule has 0 spiro atoms. The molecule has 4 nitrogen and oxygen atoms in total. The summed E-state index contributed by atoms with van der Waals surface area (Å²) in [5.41, 5.74) is 0. The maximum atomic E-state index is 12.2. The third-order valence-corrected chi connectivity index (χ3v) is 5.72. The van der Waals surface area contributed by atoms with Crippen LogP contribution in [0.2, 0.25) is 4.34 Å². The van der Waals surface area contributed by atoms with E-state index < -0.39 is 0 Å². The molecule has 3 heterocycles. The van der Waals surface area contributed by atoms with E-state index in [1.165, 1.54) is 11.3 Å². The SMILES string of the molecule is O=C(NCc1ccc(Cl)s1)N1CCC(C2CCOCC2)C1. The lowest BCUT2D eigenvalue weighted by molar-refractivity contribution is 0.0484. The largest absolute Gasteiger partial charge is 0.381 e. The molecular weight excluding hydrogens is 308 g/mol. The van der Waals surface area contributed by atoms with E-state index >= 15 is 0 Å². The summed E-state index contributed by atoms with van der Waals surface area (Å²) in [6.07, 6.45) is 3.42. The van der Waals surface area contributed by atoms with E-state index in [-0.39, 0.29) is 6.03 Å². The van der Waals surface area contributed by atoms with Gasteiger partial charge in [-0.05, 0) is 43.2 Å². The van der Waals surface area contributed by atoms with Gasteiger partial charge < -0.3 is 15.0 Å². The molecule has 1 aromatic heterocycles. The number of hydrogen-bond donors (Lipinski definition) is 1. The molecule has 116 valence electrons. The molecule has 2 saturated heterocycles. The van der Waals surface area contributed by atoms with Crippen LogP contribution in [0, 0.1) is 11.8 Å². The molecule has 2 aliphatic rings. The average molecular weight is 329 g/mol. The Kier molecular flexibility index (Phi) is 5.03. The van der Waals surface area contributed by atoms with Crippen LogP contribution in [0.4, 0.5) is 4.79 Å². The van der Waals surface area contributed by atoms with Crippen molar-refractivity contribution in [1.82, 2.24) is 10.2 Å². The normalized spacial score (nSPS) is 23.5. The number of amides is 2. The van der Waals surface area contributed by atoms with E-state index in [2.05, 4.69) is 5.32 Å². The van der Waals surface area contributed by atoms with Crippen molar-refractivity contribution >= 4 is 29.0 Å². The van der Waals surface area contributed by atoms with Crippen molar-refractivity contribution in [3.63, 3.8) is 0 Å².